The normalized spacial score (nSPS) is 11.3. The lowest BCUT2D eigenvalue weighted by molar-refractivity contribution is 0.246. The Bertz CT molecular complexity index is 930. The van der Waals surface area contributed by atoms with Crippen molar-refractivity contribution in [1.29, 1.82) is 0 Å². The minimum Gasteiger partial charge on any atom is -0.459 e. The van der Waals surface area contributed by atoms with Crippen molar-refractivity contribution in [2.75, 3.05) is 7.05 Å². The van der Waals surface area contributed by atoms with E-state index in [2.05, 4.69) is 20.3 Å². The molecule has 8 nitrogen and oxygen atoms in total. The highest BCUT2D eigenvalue weighted by Gasteiger charge is 2.14. The summed E-state index contributed by atoms with van der Waals surface area (Å²) in [5, 5.41) is 12.1. The lowest BCUT2D eigenvalue weighted by Crippen LogP contribution is -2.17. The van der Waals surface area contributed by atoms with Crippen LogP contribution in [0.4, 0.5) is 0 Å². The zero-order valence-electron chi connectivity index (χ0n) is 13.5. The van der Waals surface area contributed by atoms with Crippen LogP contribution in [-0.2, 0) is 13.1 Å². The summed E-state index contributed by atoms with van der Waals surface area (Å²) in [5.74, 6) is 2.15. The summed E-state index contributed by atoms with van der Waals surface area (Å²) in [6.45, 7) is 1.03. The van der Waals surface area contributed by atoms with E-state index in [1.807, 2.05) is 36.2 Å². The van der Waals surface area contributed by atoms with Gasteiger partial charge in [0.2, 0.25) is 5.89 Å². The summed E-state index contributed by atoms with van der Waals surface area (Å²) < 4.78 is 16.2. The molecule has 25 heavy (non-hydrogen) atoms. The molecule has 0 radical (unpaired) electrons. The number of rotatable bonds is 6. The van der Waals surface area contributed by atoms with Crippen molar-refractivity contribution in [3.05, 3.63) is 60.5 Å². The number of nitrogens with zero attached hydrogens (tertiary/aromatic N) is 5. The Morgan fingerprint density at radius 2 is 2.00 bits per heavy atom. The molecule has 0 fully saturated rings. The minimum atomic E-state index is 0.366. The maximum atomic E-state index is 5.60. The van der Waals surface area contributed by atoms with Crippen LogP contribution >= 0.6 is 0 Å². The molecule has 0 saturated carbocycles. The molecule has 8 heteroatoms. The molecule has 0 spiro atoms. The maximum Gasteiger partial charge on any atom is 0.283 e. The van der Waals surface area contributed by atoms with Crippen molar-refractivity contribution >= 4 is 0 Å². The molecule has 4 rings (SSSR count). The van der Waals surface area contributed by atoms with E-state index in [0.717, 1.165) is 11.5 Å². The SMILES string of the molecule is CN(Cc1cc(-c2ccccn2)no1)Cc1nnc(-c2ccco2)o1. The quantitative estimate of drug-likeness (QED) is 0.530. The van der Waals surface area contributed by atoms with E-state index in [-0.39, 0.29) is 0 Å². The van der Waals surface area contributed by atoms with Gasteiger partial charge in [0.25, 0.3) is 5.89 Å². The van der Waals surface area contributed by atoms with Crippen LogP contribution in [0, 0.1) is 0 Å². The van der Waals surface area contributed by atoms with Gasteiger partial charge in [0.05, 0.1) is 25.0 Å². The van der Waals surface area contributed by atoms with Crippen LogP contribution in [0.2, 0.25) is 0 Å². The molecule has 4 aromatic rings. The van der Waals surface area contributed by atoms with Gasteiger partial charge in [0, 0.05) is 12.3 Å². The minimum absolute atomic E-state index is 0.366. The van der Waals surface area contributed by atoms with E-state index in [4.69, 9.17) is 13.4 Å². The van der Waals surface area contributed by atoms with Crippen molar-refractivity contribution in [2.45, 2.75) is 13.1 Å². The van der Waals surface area contributed by atoms with Gasteiger partial charge in [0.15, 0.2) is 11.5 Å². The van der Waals surface area contributed by atoms with Crippen LogP contribution in [0.25, 0.3) is 23.0 Å². The molecule has 0 bridgehead atoms. The summed E-state index contributed by atoms with van der Waals surface area (Å²) in [5.41, 5.74) is 1.49. The van der Waals surface area contributed by atoms with Crippen LogP contribution < -0.4 is 0 Å². The Morgan fingerprint density at radius 3 is 2.80 bits per heavy atom. The van der Waals surface area contributed by atoms with Crippen LogP contribution in [0.1, 0.15) is 11.7 Å². The molecular weight excluding hydrogens is 322 g/mol. The molecule has 0 atom stereocenters. The number of furan rings is 1. The molecule has 0 unspecified atom stereocenters. The molecule has 0 aliphatic carbocycles. The third kappa shape index (κ3) is 3.48. The van der Waals surface area contributed by atoms with E-state index in [1.165, 1.54) is 0 Å². The Kier molecular flexibility index (Phi) is 4.09. The number of hydrogen-bond acceptors (Lipinski definition) is 8. The second-order valence-corrected chi connectivity index (χ2v) is 5.54. The fraction of sp³-hybridized carbons (Fsp3) is 0.176. The first-order valence-corrected chi connectivity index (χ1v) is 7.70. The molecule has 0 saturated heterocycles. The van der Waals surface area contributed by atoms with Gasteiger partial charge in [-0.15, -0.1) is 10.2 Å². The predicted molar refractivity (Wildman–Crippen MR) is 86.9 cm³/mol. The van der Waals surface area contributed by atoms with Crippen molar-refractivity contribution in [3.63, 3.8) is 0 Å². The Hall–Kier alpha value is -3.26. The summed E-state index contributed by atoms with van der Waals surface area (Å²) >= 11 is 0. The Labute approximate surface area is 143 Å². The van der Waals surface area contributed by atoms with Gasteiger partial charge in [-0.2, -0.15) is 0 Å². The summed E-state index contributed by atoms with van der Waals surface area (Å²) in [6, 6.07) is 11.1. The number of hydrogen-bond donors (Lipinski definition) is 0. The van der Waals surface area contributed by atoms with Gasteiger partial charge < -0.3 is 13.4 Å². The largest absolute Gasteiger partial charge is 0.459 e. The van der Waals surface area contributed by atoms with Crippen molar-refractivity contribution < 1.29 is 13.4 Å². The van der Waals surface area contributed by atoms with Gasteiger partial charge in [-0.25, -0.2) is 0 Å². The van der Waals surface area contributed by atoms with Crippen molar-refractivity contribution in [3.8, 4) is 23.0 Å². The first kappa shape index (κ1) is 15.3. The smallest absolute Gasteiger partial charge is 0.283 e. The van der Waals surface area contributed by atoms with E-state index in [1.54, 1.807) is 24.6 Å². The number of pyridine rings is 1. The van der Waals surface area contributed by atoms with E-state index in [9.17, 15) is 0 Å². The predicted octanol–water partition coefficient (Wildman–Crippen LogP) is 3.01. The van der Waals surface area contributed by atoms with E-state index >= 15 is 0 Å². The second kappa shape index (κ2) is 6.70. The molecule has 126 valence electrons. The van der Waals surface area contributed by atoms with Crippen molar-refractivity contribution in [1.82, 2.24) is 25.2 Å². The Morgan fingerprint density at radius 1 is 1.04 bits per heavy atom. The first-order chi connectivity index (χ1) is 12.3. The third-order valence-corrected chi connectivity index (χ3v) is 3.52. The van der Waals surface area contributed by atoms with Crippen LogP contribution in [0.15, 0.2) is 62.2 Å². The Balaban J connectivity index is 1.39. The molecule has 0 amide bonds. The van der Waals surface area contributed by atoms with Crippen LogP contribution in [-0.4, -0.2) is 32.3 Å². The molecule has 4 heterocycles. The monoisotopic (exact) mass is 337 g/mol. The standard InChI is InChI=1S/C17H15N5O3/c1-22(11-16-19-20-17(24-16)15-6-4-8-23-15)10-12-9-14(21-25-12)13-5-2-3-7-18-13/h2-9H,10-11H2,1H3. The average molecular weight is 337 g/mol. The van der Waals surface area contributed by atoms with E-state index in [0.29, 0.717) is 36.3 Å². The fourth-order valence-electron chi connectivity index (χ4n) is 2.39. The number of aromatic nitrogens is 4. The molecule has 4 aromatic heterocycles. The van der Waals surface area contributed by atoms with Crippen LogP contribution in [0.5, 0.6) is 0 Å². The molecular formula is C17H15N5O3. The zero-order valence-corrected chi connectivity index (χ0v) is 13.5. The van der Waals surface area contributed by atoms with Gasteiger partial charge >= 0.3 is 0 Å². The third-order valence-electron chi connectivity index (χ3n) is 3.52. The second-order valence-electron chi connectivity index (χ2n) is 5.54. The van der Waals surface area contributed by atoms with Gasteiger partial charge in [-0.1, -0.05) is 11.2 Å². The summed E-state index contributed by atoms with van der Waals surface area (Å²) in [6.07, 6.45) is 3.29. The molecule has 0 aromatic carbocycles. The average Bonchev–Trinajstić information content (AvgIpc) is 3.37. The topological polar surface area (TPSA) is 94.2 Å². The highest BCUT2D eigenvalue weighted by molar-refractivity contribution is 5.52. The first-order valence-electron chi connectivity index (χ1n) is 7.70. The lowest BCUT2D eigenvalue weighted by Gasteiger charge is -2.11. The molecule has 0 aliphatic rings. The van der Waals surface area contributed by atoms with Crippen LogP contribution in [0.3, 0.4) is 0 Å². The maximum absolute atomic E-state index is 5.60. The fourth-order valence-corrected chi connectivity index (χ4v) is 2.39. The highest BCUT2D eigenvalue weighted by atomic mass is 16.5. The van der Waals surface area contributed by atoms with Gasteiger partial charge in [0.1, 0.15) is 5.69 Å². The molecule has 0 aliphatic heterocycles. The lowest BCUT2D eigenvalue weighted by atomic mass is 10.2. The molecule has 0 N–H and O–H groups in total. The van der Waals surface area contributed by atoms with Crippen molar-refractivity contribution in [2.24, 2.45) is 0 Å². The zero-order chi connectivity index (χ0) is 17.1. The highest BCUT2D eigenvalue weighted by Crippen LogP contribution is 2.20. The van der Waals surface area contributed by atoms with Gasteiger partial charge in [-0.05, 0) is 31.3 Å². The van der Waals surface area contributed by atoms with E-state index < -0.39 is 0 Å². The summed E-state index contributed by atoms with van der Waals surface area (Å²) in [4.78, 5) is 6.25. The van der Waals surface area contributed by atoms with Gasteiger partial charge in [-0.3, -0.25) is 9.88 Å². The summed E-state index contributed by atoms with van der Waals surface area (Å²) in [7, 11) is 1.93.